The topological polar surface area (TPSA) is 53.4 Å². The highest BCUT2D eigenvalue weighted by molar-refractivity contribution is 5.94. The summed E-state index contributed by atoms with van der Waals surface area (Å²) in [6.45, 7) is 7.19. The van der Waals surface area contributed by atoms with Gasteiger partial charge < -0.3 is 15.1 Å². The van der Waals surface area contributed by atoms with Gasteiger partial charge in [-0.25, -0.2) is 0 Å². The van der Waals surface area contributed by atoms with E-state index in [-0.39, 0.29) is 11.8 Å². The summed E-state index contributed by atoms with van der Waals surface area (Å²) in [5, 5.41) is 7.36. The van der Waals surface area contributed by atoms with Crippen molar-refractivity contribution in [3.63, 3.8) is 0 Å². The highest BCUT2D eigenvalue weighted by Crippen LogP contribution is 2.37. The average molecular weight is 339 g/mol. The monoisotopic (exact) mass is 339 g/mol. The number of piperazine rings is 1. The molecule has 1 aromatic heterocycles. The number of aryl methyl sites for hydroxylation is 1. The molecule has 0 bridgehead atoms. The molecule has 1 fully saturated rings. The van der Waals surface area contributed by atoms with E-state index in [1.807, 2.05) is 4.68 Å². The maximum atomic E-state index is 12.1. The van der Waals surface area contributed by atoms with Crippen molar-refractivity contribution in [3.05, 3.63) is 41.6 Å². The van der Waals surface area contributed by atoms with Crippen LogP contribution in [-0.2, 0) is 11.3 Å². The number of amides is 1. The number of anilines is 2. The number of hydrogen-bond donors (Lipinski definition) is 1. The fourth-order valence-corrected chi connectivity index (χ4v) is 3.71. The predicted molar refractivity (Wildman–Crippen MR) is 99.1 cm³/mol. The van der Waals surface area contributed by atoms with Crippen LogP contribution in [0.2, 0.25) is 0 Å². The molecule has 1 saturated heterocycles. The van der Waals surface area contributed by atoms with Gasteiger partial charge in [-0.15, -0.1) is 0 Å². The number of aromatic nitrogens is 2. The number of carbonyl (C=O) groups is 1. The van der Waals surface area contributed by atoms with Gasteiger partial charge in [0.1, 0.15) is 0 Å². The molecule has 6 nitrogen and oxygen atoms in total. The Hall–Kier alpha value is -2.34. The molecule has 4 rings (SSSR count). The third kappa shape index (κ3) is 3.14. The minimum absolute atomic E-state index is 0.0435. The Morgan fingerprint density at radius 3 is 2.56 bits per heavy atom. The summed E-state index contributed by atoms with van der Waals surface area (Å²) in [5.74, 6) is 0.846. The third-order valence-corrected chi connectivity index (χ3v) is 5.30. The molecule has 0 radical (unpaired) electrons. The number of hydrogen-bond acceptors (Lipinski definition) is 4. The Balaban J connectivity index is 1.58. The van der Waals surface area contributed by atoms with Crippen LogP contribution in [0.3, 0.4) is 0 Å². The Bertz CT molecular complexity index is 759. The number of nitrogens with zero attached hydrogens (tertiary/aromatic N) is 4. The first kappa shape index (κ1) is 16.1. The molecular formula is C19H25N5O. The number of fused-ring (bicyclic) bond motifs is 1. The maximum Gasteiger partial charge on any atom is 0.226 e. The van der Waals surface area contributed by atoms with Crippen molar-refractivity contribution < 1.29 is 4.79 Å². The molecule has 3 heterocycles. The Labute approximate surface area is 148 Å². The molecule has 2 aliphatic rings. The number of carbonyl (C=O) groups excluding carboxylic acids is 1. The van der Waals surface area contributed by atoms with Gasteiger partial charge >= 0.3 is 0 Å². The van der Waals surface area contributed by atoms with Gasteiger partial charge in [-0.05, 0) is 31.7 Å². The number of rotatable bonds is 3. The first-order chi connectivity index (χ1) is 12.1. The fraction of sp³-hybridized carbons (Fsp3) is 0.474. The van der Waals surface area contributed by atoms with Crippen LogP contribution in [0.4, 0.5) is 11.5 Å². The van der Waals surface area contributed by atoms with Crippen LogP contribution in [0.5, 0.6) is 0 Å². The largest absolute Gasteiger partial charge is 0.369 e. The molecule has 25 heavy (non-hydrogen) atoms. The smallest absolute Gasteiger partial charge is 0.226 e. The van der Waals surface area contributed by atoms with Gasteiger partial charge in [0.15, 0.2) is 5.82 Å². The molecule has 2 aliphatic heterocycles. The highest BCUT2D eigenvalue weighted by Gasteiger charge is 2.29. The lowest BCUT2D eigenvalue weighted by atomic mass is 9.87. The van der Waals surface area contributed by atoms with Crippen molar-refractivity contribution in [2.45, 2.75) is 25.8 Å². The van der Waals surface area contributed by atoms with Crippen molar-refractivity contribution in [1.82, 2.24) is 14.7 Å². The minimum atomic E-state index is 0.0435. The molecule has 0 saturated carbocycles. The van der Waals surface area contributed by atoms with Gasteiger partial charge in [0.25, 0.3) is 0 Å². The van der Waals surface area contributed by atoms with E-state index in [2.05, 4.69) is 64.6 Å². The Morgan fingerprint density at radius 1 is 1.16 bits per heavy atom. The SMILES string of the molecule is CCn1cc2c(n1)NC(=O)CC2c1ccc(N2CCN(C)CC2)cc1. The molecule has 1 N–H and O–H groups in total. The normalized spacial score (nSPS) is 21.1. The molecule has 2 aromatic rings. The van der Waals surface area contributed by atoms with Crippen molar-refractivity contribution in [2.24, 2.45) is 0 Å². The third-order valence-electron chi connectivity index (χ3n) is 5.30. The molecule has 1 amide bonds. The van der Waals surface area contributed by atoms with Crippen molar-refractivity contribution in [1.29, 1.82) is 0 Å². The molecule has 6 heteroatoms. The molecule has 1 atom stereocenters. The molecule has 0 spiro atoms. The van der Waals surface area contributed by atoms with Crippen molar-refractivity contribution in [2.75, 3.05) is 43.4 Å². The highest BCUT2D eigenvalue weighted by atomic mass is 16.1. The van der Waals surface area contributed by atoms with E-state index in [1.54, 1.807) is 0 Å². The van der Waals surface area contributed by atoms with E-state index in [0.29, 0.717) is 12.2 Å². The van der Waals surface area contributed by atoms with Crippen LogP contribution in [-0.4, -0.2) is 53.8 Å². The predicted octanol–water partition coefficient (Wildman–Crippen LogP) is 2.13. The van der Waals surface area contributed by atoms with E-state index in [4.69, 9.17) is 0 Å². The van der Waals surface area contributed by atoms with E-state index >= 15 is 0 Å². The second-order valence-corrected chi connectivity index (χ2v) is 6.98. The zero-order valence-corrected chi connectivity index (χ0v) is 14.9. The lowest BCUT2D eigenvalue weighted by molar-refractivity contribution is -0.116. The van der Waals surface area contributed by atoms with Gasteiger partial charge in [-0.2, -0.15) is 5.10 Å². The van der Waals surface area contributed by atoms with Crippen LogP contribution in [0, 0.1) is 0 Å². The molecule has 132 valence electrons. The first-order valence-electron chi connectivity index (χ1n) is 9.04. The van der Waals surface area contributed by atoms with Crippen molar-refractivity contribution >= 4 is 17.4 Å². The van der Waals surface area contributed by atoms with E-state index in [9.17, 15) is 4.79 Å². The summed E-state index contributed by atoms with van der Waals surface area (Å²) in [4.78, 5) is 16.9. The van der Waals surface area contributed by atoms with E-state index in [1.165, 1.54) is 11.3 Å². The van der Waals surface area contributed by atoms with Gasteiger partial charge in [0, 0.05) is 62.5 Å². The Kier molecular flexibility index (Phi) is 4.21. The van der Waals surface area contributed by atoms with Crippen LogP contribution < -0.4 is 10.2 Å². The van der Waals surface area contributed by atoms with Gasteiger partial charge in [-0.3, -0.25) is 9.48 Å². The summed E-state index contributed by atoms with van der Waals surface area (Å²) in [7, 11) is 2.17. The van der Waals surface area contributed by atoms with Crippen LogP contribution >= 0.6 is 0 Å². The summed E-state index contributed by atoms with van der Waals surface area (Å²) >= 11 is 0. The van der Waals surface area contributed by atoms with E-state index < -0.39 is 0 Å². The maximum absolute atomic E-state index is 12.1. The zero-order chi connectivity index (χ0) is 17.4. The summed E-state index contributed by atoms with van der Waals surface area (Å²) in [6, 6.07) is 8.72. The molecular weight excluding hydrogens is 314 g/mol. The fourth-order valence-electron chi connectivity index (χ4n) is 3.71. The summed E-state index contributed by atoms with van der Waals surface area (Å²) in [5.41, 5.74) is 3.57. The number of nitrogens with one attached hydrogen (secondary N) is 1. The molecule has 1 aromatic carbocycles. The van der Waals surface area contributed by atoms with Crippen molar-refractivity contribution in [3.8, 4) is 0 Å². The lowest BCUT2D eigenvalue weighted by Crippen LogP contribution is -2.44. The molecule has 0 aliphatic carbocycles. The standard InChI is InChI=1S/C19H25N5O/c1-3-24-13-17-16(12-18(25)20-19(17)21-24)14-4-6-15(7-5-14)23-10-8-22(2)9-11-23/h4-7,13,16H,3,8-12H2,1-2H3,(H,20,21,25). The molecule has 1 unspecified atom stereocenters. The summed E-state index contributed by atoms with van der Waals surface area (Å²) < 4.78 is 1.89. The zero-order valence-electron chi connectivity index (χ0n) is 14.9. The minimum Gasteiger partial charge on any atom is -0.369 e. The Morgan fingerprint density at radius 2 is 1.88 bits per heavy atom. The van der Waals surface area contributed by atoms with Crippen LogP contribution in [0.15, 0.2) is 30.5 Å². The average Bonchev–Trinajstić information content (AvgIpc) is 3.05. The summed E-state index contributed by atoms with van der Waals surface area (Å²) in [6.07, 6.45) is 2.55. The quantitative estimate of drug-likeness (QED) is 0.931. The van der Waals surface area contributed by atoms with Gasteiger partial charge in [-0.1, -0.05) is 12.1 Å². The number of likely N-dealkylation sites (N-methyl/N-ethyl adjacent to an activating group) is 1. The second kappa shape index (κ2) is 6.52. The van der Waals surface area contributed by atoms with Gasteiger partial charge in [0.05, 0.1) is 0 Å². The second-order valence-electron chi connectivity index (χ2n) is 6.98. The van der Waals surface area contributed by atoms with Crippen LogP contribution in [0.1, 0.15) is 30.4 Å². The van der Waals surface area contributed by atoms with E-state index in [0.717, 1.165) is 38.3 Å². The first-order valence-corrected chi connectivity index (χ1v) is 9.04. The van der Waals surface area contributed by atoms with Gasteiger partial charge in [0.2, 0.25) is 5.91 Å². The van der Waals surface area contributed by atoms with Crippen LogP contribution in [0.25, 0.3) is 0 Å². The number of benzene rings is 1. The lowest BCUT2D eigenvalue weighted by Gasteiger charge is -2.34.